The fourth-order valence-corrected chi connectivity index (χ4v) is 4.96. The van der Waals surface area contributed by atoms with Crippen molar-refractivity contribution < 1.29 is 9.47 Å². The van der Waals surface area contributed by atoms with Gasteiger partial charge >= 0.3 is 0 Å². The van der Waals surface area contributed by atoms with Gasteiger partial charge in [0, 0.05) is 35.5 Å². The smallest absolute Gasteiger partial charge is 0.289 e. The van der Waals surface area contributed by atoms with Gasteiger partial charge in [-0.3, -0.25) is 4.40 Å². The van der Waals surface area contributed by atoms with Crippen LogP contribution in [0.2, 0.25) is 0 Å². The van der Waals surface area contributed by atoms with Gasteiger partial charge in [-0.25, -0.2) is 19.9 Å². The van der Waals surface area contributed by atoms with Gasteiger partial charge in [-0.2, -0.15) is 0 Å². The maximum Gasteiger partial charge on any atom is 0.289 e. The number of ether oxygens (including phenoxy) is 2. The summed E-state index contributed by atoms with van der Waals surface area (Å²) in [4.78, 5) is 18.3. The number of rotatable bonds is 4. The highest BCUT2D eigenvalue weighted by Crippen LogP contribution is 2.32. The fraction of sp³-hybridized carbons (Fsp3) is 0.259. The number of nitrogens with one attached hydrogen (secondary N) is 2. The Kier molecular flexibility index (Phi) is 5.48. The van der Waals surface area contributed by atoms with Gasteiger partial charge in [-0.15, -0.1) is 10.2 Å². The molecule has 2 aliphatic rings. The van der Waals surface area contributed by atoms with E-state index in [1.165, 1.54) is 0 Å². The number of hydrogen-bond donors (Lipinski definition) is 3. The van der Waals surface area contributed by atoms with E-state index < -0.39 is 0 Å². The molecule has 1 saturated heterocycles. The Morgan fingerprint density at radius 3 is 2.85 bits per heavy atom. The normalized spacial score (nSPS) is 16.4. The standard InChI is InChI=1S/C27H26N10O2/c1-16-10-17(2-5-21(16)38-23-12-22-36-32-15-37(22)14-31-23)25-34-20-4-3-18(11-19(20)24(28)35-25)33-26-30-13-27(39-26)6-8-29-9-7-27/h2-5,10-12,14-15,29H,6-9,13H2,1H3,(H,30,33)(H2,28,34,35). The van der Waals surface area contributed by atoms with Crippen LogP contribution in [0.25, 0.3) is 27.9 Å². The number of piperidine rings is 1. The van der Waals surface area contributed by atoms with Gasteiger partial charge in [-0.05, 0) is 62.0 Å². The topological polar surface area (TPSA) is 150 Å². The van der Waals surface area contributed by atoms with E-state index >= 15 is 0 Å². The minimum Gasteiger partial charge on any atom is -0.456 e. The summed E-state index contributed by atoms with van der Waals surface area (Å²) in [7, 11) is 0. The number of nitrogens with two attached hydrogens (primary N) is 1. The molecule has 12 nitrogen and oxygen atoms in total. The first-order chi connectivity index (χ1) is 19.0. The Labute approximate surface area is 223 Å². The summed E-state index contributed by atoms with van der Waals surface area (Å²) >= 11 is 0. The quantitative estimate of drug-likeness (QED) is 0.321. The minimum absolute atomic E-state index is 0.193. The van der Waals surface area contributed by atoms with Gasteiger partial charge < -0.3 is 25.8 Å². The molecule has 1 fully saturated rings. The van der Waals surface area contributed by atoms with E-state index in [2.05, 4.69) is 35.8 Å². The monoisotopic (exact) mass is 522 g/mol. The van der Waals surface area contributed by atoms with Gasteiger partial charge in [-0.1, -0.05) is 0 Å². The molecule has 3 aromatic heterocycles. The first kappa shape index (κ1) is 23.3. The summed E-state index contributed by atoms with van der Waals surface area (Å²) in [6.45, 7) is 4.53. The van der Waals surface area contributed by atoms with E-state index in [1.54, 1.807) is 23.1 Å². The largest absolute Gasteiger partial charge is 0.456 e. The molecule has 12 heteroatoms. The average molecular weight is 523 g/mol. The molecule has 2 aromatic carbocycles. The molecule has 39 heavy (non-hydrogen) atoms. The molecule has 0 unspecified atom stereocenters. The molecule has 0 atom stereocenters. The number of benzene rings is 2. The van der Waals surface area contributed by atoms with Gasteiger partial charge in [0.2, 0.25) is 5.88 Å². The molecule has 0 saturated carbocycles. The van der Waals surface area contributed by atoms with Crippen molar-refractivity contribution in [2.45, 2.75) is 25.4 Å². The molecule has 196 valence electrons. The third kappa shape index (κ3) is 4.44. The minimum atomic E-state index is -0.193. The summed E-state index contributed by atoms with van der Waals surface area (Å²) in [5, 5.41) is 15.3. The van der Waals surface area contributed by atoms with Crippen LogP contribution in [0, 0.1) is 6.92 Å². The van der Waals surface area contributed by atoms with E-state index in [4.69, 9.17) is 20.2 Å². The van der Waals surface area contributed by atoms with Gasteiger partial charge in [0.25, 0.3) is 6.02 Å². The zero-order chi connectivity index (χ0) is 26.4. The lowest BCUT2D eigenvalue weighted by molar-refractivity contribution is 0.0537. The lowest BCUT2D eigenvalue weighted by Gasteiger charge is -2.32. The van der Waals surface area contributed by atoms with E-state index in [0.717, 1.165) is 53.6 Å². The molecule has 4 N–H and O–H groups in total. The van der Waals surface area contributed by atoms with Crippen LogP contribution >= 0.6 is 0 Å². The molecule has 1 spiro atoms. The zero-order valence-corrected chi connectivity index (χ0v) is 21.3. The van der Waals surface area contributed by atoms with Crippen LogP contribution in [0.5, 0.6) is 11.6 Å². The van der Waals surface area contributed by atoms with Crippen LogP contribution < -0.4 is 21.1 Å². The first-order valence-electron chi connectivity index (χ1n) is 12.8. The fourth-order valence-electron chi connectivity index (χ4n) is 4.96. The van der Waals surface area contributed by atoms with Crippen LogP contribution in [-0.2, 0) is 4.74 Å². The molecule has 0 amide bonds. The summed E-state index contributed by atoms with van der Waals surface area (Å²) in [6, 6.07) is 13.8. The third-order valence-electron chi connectivity index (χ3n) is 7.13. The predicted octanol–water partition coefficient (Wildman–Crippen LogP) is 3.34. The van der Waals surface area contributed by atoms with Crippen molar-refractivity contribution >= 4 is 34.1 Å². The van der Waals surface area contributed by atoms with Crippen molar-refractivity contribution in [1.29, 1.82) is 0 Å². The second-order valence-electron chi connectivity index (χ2n) is 9.85. The second kappa shape index (κ2) is 9.17. The summed E-state index contributed by atoms with van der Waals surface area (Å²) in [6.07, 6.45) is 5.10. The van der Waals surface area contributed by atoms with E-state index in [-0.39, 0.29) is 5.60 Å². The molecule has 5 heterocycles. The average Bonchev–Trinajstić information content (AvgIpc) is 3.57. The highest BCUT2D eigenvalue weighted by atomic mass is 16.5. The Morgan fingerprint density at radius 2 is 1.97 bits per heavy atom. The Bertz CT molecular complexity index is 1740. The van der Waals surface area contributed by atoms with E-state index in [0.29, 0.717) is 41.5 Å². The number of aromatic nitrogens is 6. The van der Waals surface area contributed by atoms with Gasteiger partial charge in [0.1, 0.15) is 29.8 Å². The maximum absolute atomic E-state index is 6.40. The Balaban J connectivity index is 1.10. The van der Waals surface area contributed by atoms with Crippen LogP contribution in [0.3, 0.4) is 0 Å². The maximum atomic E-state index is 6.40. The lowest BCUT2D eigenvalue weighted by Crippen LogP contribution is -2.45. The summed E-state index contributed by atoms with van der Waals surface area (Å²) < 4.78 is 13.9. The van der Waals surface area contributed by atoms with Crippen molar-refractivity contribution in [1.82, 2.24) is 34.9 Å². The molecule has 2 aliphatic heterocycles. The second-order valence-corrected chi connectivity index (χ2v) is 9.85. The van der Waals surface area contributed by atoms with Crippen LogP contribution in [0.4, 0.5) is 11.5 Å². The first-order valence-corrected chi connectivity index (χ1v) is 12.8. The molecular formula is C27H26N10O2. The van der Waals surface area contributed by atoms with Gasteiger partial charge in [0.05, 0.1) is 12.1 Å². The Morgan fingerprint density at radius 1 is 1.08 bits per heavy atom. The summed E-state index contributed by atoms with van der Waals surface area (Å²) in [5.41, 5.74) is 10.2. The number of nitrogen functional groups attached to an aromatic ring is 1. The highest BCUT2D eigenvalue weighted by molar-refractivity contribution is 5.96. The Hall–Kier alpha value is -4.84. The number of aryl methyl sites for hydroxylation is 1. The third-order valence-corrected chi connectivity index (χ3v) is 7.13. The molecular weight excluding hydrogens is 496 g/mol. The van der Waals surface area contributed by atoms with Crippen LogP contribution in [0.15, 0.2) is 60.1 Å². The van der Waals surface area contributed by atoms with Gasteiger partial charge in [0.15, 0.2) is 11.5 Å². The number of anilines is 2. The number of amidine groups is 1. The van der Waals surface area contributed by atoms with E-state index in [1.807, 2.05) is 43.3 Å². The van der Waals surface area contributed by atoms with Crippen molar-refractivity contribution in [3.8, 4) is 23.0 Å². The number of aliphatic imine (C=N–C) groups is 1. The molecule has 0 bridgehead atoms. The van der Waals surface area contributed by atoms with Crippen LogP contribution in [0.1, 0.15) is 18.4 Å². The predicted molar refractivity (Wildman–Crippen MR) is 147 cm³/mol. The van der Waals surface area contributed by atoms with Crippen LogP contribution in [-0.4, -0.2) is 60.8 Å². The van der Waals surface area contributed by atoms with E-state index in [9.17, 15) is 0 Å². The number of hydrogen-bond acceptors (Lipinski definition) is 11. The lowest BCUT2D eigenvalue weighted by atomic mass is 9.93. The van der Waals surface area contributed by atoms with Crippen molar-refractivity contribution in [2.24, 2.45) is 4.99 Å². The molecule has 0 aliphatic carbocycles. The van der Waals surface area contributed by atoms with Crippen molar-refractivity contribution in [2.75, 3.05) is 30.7 Å². The molecule has 7 rings (SSSR count). The summed E-state index contributed by atoms with van der Waals surface area (Å²) in [5.74, 6) is 2.03. The highest BCUT2D eigenvalue weighted by Gasteiger charge is 2.39. The molecule has 0 radical (unpaired) electrons. The number of nitrogens with zero attached hydrogens (tertiary/aromatic N) is 7. The number of fused-ring (bicyclic) bond motifs is 2. The van der Waals surface area contributed by atoms with Crippen molar-refractivity contribution in [3.05, 3.63) is 60.7 Å². The SMILES string of the molecule is Cc1cc(-c2nc(N)c3cc(NC4=NCC5(CCNCC5)O4)ccc3n2)ccc1Oc1cc2nncn2cn1. The van der Waals surface area contributed by atoms with Crippen molar-refractivity contribution in [3.63, 3.8) is 0 Å². The zero-order valence-electron chi connectivity index (χ0n) is 21.3. The molecule has 5 aromatic rings.